The van der Waals surface area contributed by atoms with Crippen LogP contribution in [-0.2, 0) is 0 Å². The van der Waals surface area contributed by atoms with Crippen molar-refractivity contribution in [2.75, 3.05) is 19.7 Å². The average molecular weight is 212 g/mol. The zero-order chi connectivity index (χ0) is 10.8. The first-order chi connectivity index (χ1) is 7.20. The summed E-state index contributed by atoms with van der Waals surface area (Å²) in [6, 6.07) is -0.284. The van der Waals surface area contributed by atoms with Gasteiger partial charge in [-0.25, -0.2) is 4.79 Å². The minimum Gasteiger partial charge on any atom is -0.396 e. The van der Waals surface area contributed by atoms with Gasteiger partial charge in [-0.2, -0.15) is 0 Å². The largest absolute Gasteiger partial charge is 0.396 e. The van der Waals surface area contributed by atoms with E-state index in [9.17, 15) is 4.79 Å². The monoisotopic (exact) mass is 212 g/mol. The van der Waals surface area contributed by atoms with Crippen LogP contribution in [0.4, 0.5) is 4.79 Å². The molecule has 0 spiro atoms. The third-order valence-electron chi connectivity index (χ3n) is 3.87. The van der Waals surface area contributed by atoms with Crippen molar-refractivity contribution in [3.8, 4) is 0 Å². The SMILES string of the molecule is NC(=O)N1CCC(CC2CC2CO)CC1. The van der Waals surface area contributed by atoms with E-state index in [-0.39, 0.29) is 6.03 Å². The van der Waals surface area contributed by atoms with Crippen LogP contribution in [0.5, 0.6) is 0 Å². The molecule has 4 heteroatoms. The van der Waals surface area contributed by atoms with Crippen LogP contribution >= 0.6 is 0 Å². The fourth-order valence-corrected chi connectivity index (χ4v) is 2.64. The van der Waals surface area contributed by atoms with Crippen LogP contribution in [0, 0.1) is 17.8 Å². The van der Waals surface area contributed by atoms with Gasteiger partial charge in [-0.1, -0.05) is 0 Å². The third-order valence-corrected chi connectivity index (χ3v) is 3.87. The fraction of sp³-hybridized carbons (Fsp3) is 0.909. The molecule has 4 nitrogen and oxygen atoms in total. The molecule has 2 aliphatic rings. The molecule has 0 aromatic carbocycles. The maximum atomic E-state index is 10.9. The number of carbonyl (C=O) groups is 1. The van der Waals surface area contributed by atoms with E-state index >= 15 is 0 Å². The lowest BCUT2D eigenvalue weighted by molar-refractivity contribution is 0.172. The van der Waals surface area contributed by atoms with Gasteiger partial charge < -0.3 is 15.7 Å². The number of nitrogens with two attached hydrogens (primary N) is 1. The summed E-state index contributed by atoms with van der Waals surface area (Å²) in [7, 11) is 0. The molecule has 1 aliphatic carbocycles. The van der Waals surface area contributed by atoms with Crippen molar-refractivity contribution in [2.45, 2.75) is 25.7 Å². The number of aliphatic hydroxyl groups is 1. The molecule has 1 saturated carbocycles. The topological polar surface area (TPSA) is 66.6 Å². The number of aliphatic hydroxyl groups excluding tert-OH is 1. The Morgan fingerprint density at radius 1 is 1.33 bits per heavy atom. The van der Waals surface area contributed by atoms with Gasteiger partial charge in [-0.3, -0.25) is 0 Å². The number of hydrogen-bond donors (Lipinski definition) is 2. The molecule has 2 rings (SSSR count). The molecule has 1 saturated heterocycles. The van der Waals surface area contributed by atoms with Crippen molar-refractivity contribution >= 4 is 6.03 Å². The lowest BCUT2D eigenvalue weighted by atomic mass is 9.91. The summed E-state index contributed by atoms with van der Waals surface area (Å²) in [5, 5.41) is 8.95. The lowest BCUT2D eigenvalue weighted by Crippen LogP contribution is -2.41. The molecule has 0 bridgehead atoms. The molecule has 2 fully saturated rings. The van der Waals surface area contributed by atoms with Crippen molar-refractivity contribution in [2.24, 2.45) is 23.5 Å². The highest BCUT2D eigenvalue weighted by Gasteiger charge is 2.38. The summed E-state index contributed by atoms with van der Waals surface area (Å²) in [4.78, 5) is 12.6. The quantitative estimate of drug-likeness (QED) is 0.726. The van der Waals surface area contributed by atoms with E-state index in [1.54, 1.807) is 4.90 Å². The van der Waals surface area contributed by atoms with E-state index in [4.69, 9.17) is 10.8 Å². The van der Waals surface area contributed by atoms with Crippen LogP contribution in [0.3, 0.4) is 0 Å². The molecule has 86 valence electrons. The minimum absolute atomic E-state index is 0.284. The van der Waals surface area contributed by atoms with Crippen LogP contribution in [0.15, 0.2) is 0 Å². The maximum Gasteiger partial charge on any atom is 0.314 e. The molecular weight excluding hydrogens is 192 g/mol. The lowest BCUT2D eigenvalue weighted by Gasteiger charge is -2.30. The van der Waals surface area contributed by atoms with Gasteiger partial charge in [0, 0.05) is 19.7 Å². The second-order valence-electron chi connectivity index (χ2n) is 4.94. The first-order valence-corrected chi connectivity index (χ1v) is 5.86. The zero-order valence-corrected chi connectivity index (χ0v) is 9.06. The van der Waals surface area contributed by atoms with Gasteiger partial charge >= 0.3 is 6.03 Å². The van der Waals surface area contributed by atoms with Gasteiger partial charge in [-0.15, -0.1) is 0 Å². The highest BCUT2D eigenvalue weighted by molar-refractivity contribution is 5.72. The predicted molar refractivity (Wildman–Crippen MR) is 57.2 cm³/mol. The molecule has 2 atom stereocenters. The predicted octanol–water partition coefficient (Wildman–Crippen LogP) is 0.796. The number of hydrogen-bond acceptors (Lipinski definition) is 2. The smallest absolute Gasteiger partial charge is 0.314 e. The molecule has 3 N–H and O–H groups in total. The summed E-state index contributed by atoms with van der Waals surface area (Å²) in [6.45, 7) is 1.98. The maximum absolute atomic E-state index is 10.9. The van der Waals surface area contributed by atoms with E-state index < -0.39 is 0 Å². The molecule has 0 aromatic heterocycles. The first kappa shape index (κ1) is 10.7. The van der Waals surface area contributed by atoms with Gasteiger partial charge in [-0.05, 0) is 43.4 Å². The molecule has 1 aliphatic heterocycles. The van der Waals surface area contributed by atoms with Crippen LogP contribution in [-0.4, -0.2) is 35.7 Å². The molecule has 1 heterocycles. The standard InChI is InChI=1S/C11H20N2O2/c12-11(15)13-3-1-8(2-4-13)5-9-6-10(9)7-14/h8-10,14H,1-7H2,(H2,12,15). The van der Waals surface area contributed by atoms with Gasteiger partial charge in [0.2, 0.25) is 0 Å². The van der Waals surface area contributed by atoms with Crippen molar-refractivity contribution in [1.82, 2.24) is 4.90 Å². The van der Waals surface area contributed by atoms with Gasteiger partial charge in [0.05, 0.1) is 0 Å². The number of carbonyl (C=O) groups excluding carboxylic acids is 1. The second kappa shape index (κ2) is 4.39. The number of rotatable bonds is 3. The molecule has 0 aromatic rings. The van der Waals surface area contributed by atoms with Gasteiger partial charge in [0.1, 0.15) is 0 Å². The number of urea groups is 1. The summed E-state index contributed by atoms with van der Waals surface area (Å²) >= 11 is 0. The number of primary amides is 1. The first-order valence-electron chi connectivity index (χ1n) is 5.86. The fourth-order valence-electron chi connectivity index (χ4n) is 2.64. The Bertz CT molecular complexity index is 237. The minimum atomic E-state index is -0.284. The van der Waals surface area contributed by atoms with Crippen molar-refractivity contribution < 1.29 is 9.90 Å². The van der Waals surface area contributed by atoms with Crippen LogP contribution in [0.2, 0.25) is 0 Å². The number of nitrogens with zero attached hydrogens (tertiary/aromatic N) is 1. The van der Waals surface area contributed by atoms with Gasteiger partial charge in [0.25, 0.3) is 0 Å². The van der Waals surface area contributed by atoms with Crippen molar-refractivity contribution in [3.05, 3.63) is 0 Å². The summed E-state index contributed by atoms with van der Waals surface area (Å²) in [6.07, 6.45) is 4.60. The Morgan fingerprint density at radius 2 is 2.00 bits per heavy atom. The van der Waals surface area contributed by atoms with E-state index in [0.29, 0.717) is 12.5 Å². The van der Waals surface area contributed by atoms with E-state index in [0.717, 1.165) is 37.8 Å². The van der Waals surface area contributed by atoms with E-state index in [2.05, 4.69) is 0 Å². The number of likely N-dealkylation sites (tertiary alicyclic amines) is 1. The molecule has 15 heavy (non-hydrogen) atoms. The Kier molecular flexibility index (Phi) is 3.14. The highest BCUT2D eigenvalue weighted by Crippen LogP contribution is 2.44. The molecule has 2 amide bonds. The van der Waals surface area contributed by atoms with Crippen molar-refractivity contribution in [3.63, 3.8) is 0 Å². The van der Waals surface area contributed by atoms with Crippen LogP contribution in [0.1, 0.15) is 25.7 Å². The zero-order valence-electron chi connectivity index (χ0n) is 9.06. The second-order valence-corrected chi connectivity index (χ2v) is 4.94. The Hall–Kier alpha value is -0.770. The Balaban J connectivity index is 1.68. The van der Waals surface area contributed by atoms with Crippen LogP contribution < -0.4 is 5.73 Å². The Labute approximate surface area is 90.4 Å². The molecule has 0 radical (unpaired) electrons. The molecular formula is C11H20N2O2. The summed E-state index contributed by atoms with van der Waals surface area (Å²) in [5.41, 5.74) is 5.22. The normalized spacial score (nSPS) is 31.7. The Morgan fingerprint density at radius 3 is 2.47 bits per heavy atom. The summed E-state index contributed by atoms with van der Waals surface area (Å²) in [5.74, 6) is 2.06. The number of amides is 2. The third kappa shape index (κ3) is 2.62. The highest BCUT2D eigenvalue weighted by atomic mass is 16.3. The van der Waals surface area contributed by atoms with E-state index in [1.807, 2.05) is 0 Å². The van der Waals surface area contributed by atoms with Crippen molar-refractivity contribution in [1.29, 1.82) is 0 Å². The number of piperidine rings is 1. The van der Waals surface area contributed by atoms with Crippen LogP contribution in [0.25, 0.3) is 0 Å². The van der Waals surface area contributed by atoms with E-state index in [1.165, 1.54) is 12.8 Å². The molecule has 2 unspecified atom stereocenters. The van der Waals surface area contributed by atoms with Gasteiger partial charge in [0.15, 0.2) is 0 Å². The average Bonchev–Trinajstić information content (AvgIpc) is 2.97. The summed E-state index contributed by atoms with van der Waals surface area (Å²) < 4.78 is 0.